The monoisotopic (exact) mass is 356 g/mol. The van der Waals surface area contributed by atoms with Crippen LogP contribution in [0.25, 0.3) is 0 Å². The predicted molar refractivity (Wildman–Crippen MR) is 101 cm³/mol. The molecule has 25 heavy (non-hydrogen) atoms. The van der Waals surface area contributed by atoms with E-state index in [1.807, 2.05) is 37.3 Å². The Balaban J connectivity index is 2.28. The van der Waals surface area contributed by atoms with Gasteiger partial charge in [-0.05, 0) is 31.5 Å². The van der Waals surface area contributed by atoms with Gasteiger partial charge in [0, 0.05) is 24.4 Å². The molecule has 2 aromatic carbocycles. The quantitative estimate of drug-likeness (QED) is 0.342. The van der Waals surface area contributed by atoms with Crippen molar-refractivity contribution in [2.45, 2.75) is 19.9 Å². The van der Waals surface area contributed by atoms with Gasteiger partial charge in [0.2, 0.25) is 5.78 Å². The minimum Gasteiger partial charge on any atom is -0.384 e. The van der Waals surface area contributed by atoms with E-state index < -0.39 is 11.7 Å². The van der Waals surface area contributed by atoms with Gasteiger partial charge in [-0.15, -0.1) is 0 Å². The normalized spacial score (nSPS) is 12.4. The molecular weight excluding hydrogens is 336 g/mol. The van der Waals surface area contributed by atoms with E-state index in [0.717, 1.165) is 5.56 Å². The maximum atomic E-state index is 12.8. The average Bonchev–Trinajstić information content (AvgIpc) is 2.63. The number of Topliss-reactive ketones (excluding diaryl/α,β-unsaturated/α-hetero) is 1. The maximum absolute atomic E-state index is 12.8. The number of amides is 1. The van der Waals surface area contributed by atoms with Crippen molar-refractivity contribution in [2.24, 2.45) is 0 Å². The summed E-state index contributed by atoms with van der Waals surface area (Å²) in [6, 6.07) is 16.4. The highest BCUT2D eigenvalue weighted by atomic mass is 35.5. The summed E-state index contributed by atoms with van der Waals surface area (Å²) >= 11 is 6.10. The summed E-state index contributed by atoms with van der Waals surface area (Å²) < 4.78 is 0. The number of halogens is 1. The van der Waals surface area contributed by atoms with Crippen molar-refractivity contribution < 1.29 is 9.59 Å². The van der Waals surface area contributed by atoms with Crippen LogP contribution in [0.2, 0.25) is 5.02 Å². The van der Waals surface area contributed by atoms with Crippen LogP contribution >= 0.6 is 11.6 Å². The molecule has 0 saturated heterocycles. The van der Waals surface area contributed by atoms with Gasteiger partial charge in [-0.25, -0.2) is 0 Å². The van der Waals surface area contributed by atoms with E-state index in [9.17, 15) is 9.59 Å². The molecule has 0 aliphatic carbocycles. The molecule has 0 aliphatic rings. The molecule has 1 atom stereocenters. The first-order valence-electron chi connectivity index (χ1n) is 8.13. The van der Waals surface area contributed by atoms with Crippen LogP contribution in [-0.4, -0.2) is 18.2 Å². The van der Waals surface area contributed by atoms with Crippen LogP contribution in [0, 0.1) is 0 Å². The molecule has 1 amide bonds. The second kappa shape index (κ2) is 9.04. The molecule has 2 rings (SSSR count). The number of benzene rings is 2. The van der Waals surface area contributed by atoms with E-state index in [2.05, 4.69) is 10.6 Å². The van der Waals surface area contributed by atoms with Gasteiger partial charge in [0.1, 0.15) is 5.57 Å². The molecule has 0 spiro atoms. The first-order chi connectivity index (χ1) is 12.0. The molecule has 130 valence electrons. The molecule has 0 fully saturated rings. The lowest BCUT2D eigenvalue weighted by molar-refractivity contribution is -0.117. The number of hydrogen-bond donors (Lipinski definition) is 2. The molecule has 5 heteroatoms. The van der Waals surface area contributed by atoms with Crippen molar-refractivity contribution in [1.29, 1.82) is 0 Å². The van der Waals surface area contributed by atoms with Crippen molar-refractivity contribution in [3.63, 3.8) is 0 Å². The SMILES string of the molecule is CCNC(=O)C(=CNC(C)c1ccccc1)C(=O)c1ccccc1Cl. The van der Waals surface area contributed by atoms with Crippen molar-refractivity contribution >= 4 is 23.3 Å². The van der Waals surface area contributed by atoms with E-state index in [1.54, 1.807) is 31.2 Å². The topological polar surface area (TPSA) is 58.2 Å². The minimum atomic E-state index is -0.430. The smallest absolute Gasteiger partial charge is 0.256 e. The van der Waals surface area contributed by atoms with E-state index in [1.165, 1.54) is 6.20 Å². The second-order valence-electron chi connectivity index (χ2n) is 5.53. The van der Waals surface area contributed by atoms with Crippen LogP contribution in [0.15, 0.2) is 66.4 Å². The highest BCUT2D eigenvalue weighted by Crippen LogP contribution is 2.19. The summed E-state index contributed by atoms with van der Waals surface area (Å²) in [5.74, 6) is -0.843. The fourth-order valence-corrected chi connectivity index (χ4v) is 2.55. The maximum Gasteiger partial charge on any atom is 0.256 e. The van der Waals surface area contributed by atoms with Gasteiger partial charge < -0.3 is 10.6 Å². The standard InChI is InChI=1S/C20H21ClN2O2/c1-3-22-20(25)17(19(24)16-11-7-8-12-18(16)21)13-23-14(2)15-9-5-4-6-10-15/h4-14,23H,3H2,1-2H3,(H,22,25). The number of hydrogen-bond acceptors (Lipinski definition) is 3. The third-order valence-electron chi connectivity index (χ3n) is 3.72. The summed E-state index contributed by atoms with van der Waals surface area (Å²) in [4.78, 5) is 25.1. The van der Waals surface area contributed by atoms with Gasteiger partial charge in [0.15, 0.2) is 0 Å². The highest BCUT2D eigenvalue weighted by molar-refractivity contribution is 6.37. The van der Waals surface area contributed by atoms with Crippen LogP contribution in [0.1, 0.15) is 35.8 Å². The Morgan fingerprint density at radius 1 is 1.08 bits per heavy atom. The van der Waals surface area contributed by atoms with Crippen molar-refractivity contribution in [2.75, 3.05) is 6.54 Å². The number of carbonyl (C=O) groups is 2. The molecule has 0 heterocycles. The zero-order valence-electron chi connectivity index (χ0n) is 14.3. The summed E-state index contributed by atoms with van der Waals surface area (Å²) in [6.45, 7) is 4.19. The van der Waals surface area contributed by atoms with Gasteiger partial charge in [-0.3, -0.25) is 9.59 Å². The van der Waals surface area contributed by atoms with Crippen LogP contribution in [0.4, 0.5) is 0 Å². The molecule has 0 aliphatic heterocycles. The zero-order valence-corrected chi connectivity index (χ0v) is 15.0. The Labute approximate surface area is 152 Å². The van der Waals surface area contributed by atoms with Gasteiger partial charge in [-0.1, -0.05) is 54.1 Å². The Kier molecular flexibility index (Phi) is 6.78. The summed E-state index contributed by atoms with van der Waals surface area (Å²) in [7, 11) is 0. The average molecular weight is 357 g/mol. The Morgan fingerprint density at radius 2 is 1.72 bits per heavy atom. The Morgan fingerprint density at radius 3 is 2.36 bits per heavy atom. The van der Waals surface area contributed by atoms with Crippen molar-refractivity contribution in [3.8, 4) is 0 Å². The number of ketones is 1. The lowest BCUT2D eigenvalue weighted by atomic mass is 10.0. The summed E-state index contributed by atoms with van der Waals surface area (Å²) in [6.07, 6.45) is 1.47. The third kappa shape index (κ3) is 4.94. The molecule has 0 aromatic heterocycles. The molecule has 1 unspecified atom stereocenters. The van der Waals surface area contributed by atoms with Gasteiger partial charge in [0.05, 0.1) is 5.02 Å². The van der Waals surface area contributed by atoms with Crippen LogP contribution in [0.5, 0.6) is 0 Å². The Hall–Kier alpha value is -2.59. The number of rotatable bonds is 7. The zero-order chi connectivity index (χ0) is 18.2. The van der Waals surface area contributed by atoms with E-state index >= 15 is 0 Å². The van der Waals surface area contributed by atoms with E-state index in [4.69, 9.17) is 11.6 Å². The molecule has 2 aromatic rings. The molecule has 4 nitrogen and oxygen atoms in total. The molecular formula is C20H21ClN2O2. The number of carbonyl (C=O) groups excluding carboxylic acids is 2. The molecule has 2 N–H and O–H groups in total. The lowest BCUT2D eigenvalue weighted by Crippen LogP contribution is -2.30. The first kappa shape index (κ1) is 18.7. The van der Waals surface area contributed by atoms with Crippen LogP contribution in [0.3, 0.4) is 0 Å². The van der Waals surface area contributed by atoms with Crippen molar-refractivity contribution in [3.05, 3.63) is 82.5 Å². The minimum absolute atomic E-state index is 0.0257. The van der Waals surface area contributed by atoms with Crippen LogP contribution < -0.4 is 10.6 Å². The fourth-order valence-electron chi connectivity index (χ4n) is 2.33. The van der Waals surface area contributed by atoms with E-state index in [0.29, 0.717) is 17.1 Å². The van der Waals surface area contributed by atoms with Gasteiger partial charge >= 0.3 is 0 Å². The largest absolute Gasteiger partial charge is 0.384 e. The lowest BCUT2D eigenvalue weighted by Gasteiger charge is -2.14. The van der Waals surface area contributed by atoms with Gasteiger partial charge in [0.25, 0.3) is 5.91 Å². The third-order valence-corrected chi connectivity index (χ3v) is 4.05. The first-order valence-corrected chi connectivity index (χ1v) is 8.51. The number of nitrogens with one attached hydrogen (secondary N) is 2. The second-order valence-corrected chi connectivity index (χ2v) is 5.93. The summed E-state index contributed by atoms with van der Waals surface area (Å²) in [5.41, 5.74) is 1.38. The van der Waals surface area contributed by atoms with Gasteiger partial charge in [-0.2, -0.15) is 0 Å². The summed E-state index contributed by atoms with van der Waals surface area (Å²) in [5, 5.41) is 6.11. The van der Waals surface area contributed by atoms with E-state index in [-0.39, 0.29) is 11.6 Å². The highest BCUT2D eigenvalue weighted by Gasteiger charge is 2.21. The predicted octanol–water partition coefficient (Wildman–Crippen LogP) is 3.89. The molecule has 0 saturated carbocycles. The number of likely N-dealkylation sites (N-methyl/N-ethyl adjacent to an activating group) is 1. The van der Waals surface area contributed by atoms with Crippen LogP contribution in [-0.2, 0) is 4.79 Å². The molecule has 0 radical (unpaired) electrons. The van der Waals surface area contributed by atoms with Crippen molar-refractivity contribution in [1.82, 2.24) is 10.6 Å². The molecule has 0 bridgehead atoms. The fraction of sp³-hybridized carbons (Fsp3) is 0.200. The Bertz CT molecular complexity index is 772.